The predicted octanol–water partition coefficient (Wildman–Crippen LogP) is 4.41. The fourth-order valence-corrected chi connectivity index (χ4v) is 0.931. The minimum absolute atomic E-state index is 0.0617. The highest BCUT2D eigenvalue weighted by Crippen LogP contribution is 2.03. The van der Waals surface area contributed by atoms with E-state index in [9.17, 15) is 0 Å². The van der Waals surface area contributed by atoms with E-state index < -0.39 is 0 Å². The van der Waals surface area contributed by atoms with Crippen LogP contribution in [0.2, 0.25) is 5.02 Å². The second kappa shape index (κ2) is 8.96. The van der Waals surface area contributed by atoms with Crippen LogP contribution in [-0.2, 0) is 0 Å². The van der Waals surface area contributed by atoms with Crippen molar-refractivity contribution in [2.24, 2.45) is 0 Å². The average molecular weight is 260 g/mol. The smallest absolute Gasteiger partial charge is 0.0606 e. The normalized spacial score (nSPS) is 9.31. The molecule has 0 nitrogen and oxygen atoms in total. The summed E-state index contributed by atoms with van der Waals surface area (Å²) in [7, 11) is 0. The molecule has 0 heterocycles. The molecule has 1 aromatic carbocycles. The Bertz CT molecular complexity index is 196. The standard InChI is InChI=1S/C6H5Cl.C3H5Cl3/c7-6-4-2-1-3-5-6;4-1-3(6)2-5/h1-5H;3H,1-2H2. The molecule has 0 aliphatic carbocycles. The van der Waals surface area contributed by atoms with Crippen LogP contribution in [0.1, 0.15) is 0 Å². The minimum Gasteiger partial charge on any atom is -0.125 e. The minimum atomic E-state index is -0.0617. The van der Waals surface area contributed by atoms with Gasteiger partial charge in [0.1, 0.15) is 0 Å². The van der Waals surface area contributed by atoms with E-state index in [1.54, 1.807) is 0 Å². The van der Waals surface area contributed by atoms with Crippen LogP contribution in [0, 0.1) is 0 Å². The first-order chi connectivity index (χ1) is 6.20. The average Bonchev–Trinajstić information content (AvgIpc) is 2.19. The van der Waals surface area contributed by atoms with Gasteiger partial charge in [0.05, 0.1) is 5.38 Å². The SMILES string of the molecule is ClCC(Cl)CCl.Clc1ccccc1. The van der Waals surface area contributed by atoms with Gasteiger partial charge in [-0.15, -0.1) is 34.8 Å². The summed E-state index contributed by atoms with van der Waals surface area (Å²) in [6, 6.07) is 9.44. The van der Waals surface area contributed by atoms with Crippen LogP contribution in [-0.4, -0.2) is 17.1 Å². The third-order valence-electron chi connectivity index (χ3n) is 1.07. The molecule has 1 rings (SSSR count). The molecule has 4 heteroatoms. The summed E-state index contributed by atoms with van der Waals surface area (Å²) in [5, 5.41) is 0.732. The number of benzene rings is 1. The zero-order valence-electron chi connectivity index (χ0n) is 6.89. The first-order valence-corrected chi connectivity index (χ1v) is 5.55. The fourth-order valence-electron chi connectivity index (χ4n) is 0.456. The van der Waals surface area contributed by atoms with Crippen LogP contribution < -0.4 is 0 Å². The molecule has 0 saturated carbocycles. The molecule has 1 aromatic rings. The molecule has 0 aliphatic rings. The summed E-state index contributed by atoms with van der Waals surface area (Å²) in [5.41, 5.74) is 0. The van der Waals surface area contributed by atoms with Crippen LogP contribution in [0.3, 0.4) is 0 Å². The number of rotatable bonds is 2. The van der Waals surface area contributed by atoms with Gasteiger partial charge in [0.15, 0.2) is 0 Å². The van der Waals surface area contributed by atoms with Gasteiger partial charge in [-0.05, 0) is 12.1 Å². The Morgan fingerprint density at radius 2 is 1.46 bits per heavy atom. The number of hydrogen-bond donors (Lipinski definition) is 0. The zero-order valence-corrected chi connectivity index (χ0v) is 9.91. The highest BCUT2D eigenvalue weighted by atomic mass is 35.5. The van der Waals surface area contributed by atoms with E-state index in [2.05, 4.69) is 0 Å². The molecule has 0 saturated heterocycles. The van der Waals surface area contributed by atoms with Gasteiger partial charge in [-0.1, -0.05) is 29.8 Å². The summed E-state index contributed by atoms with van der Waals surface area (Å²) in [6.07, 6.45) is 0. The third kappa shape index (κ3) is 8.70. The summed E-state index contributed by atoms with van der Waals surface area (Å²) >= 11 is 21.4. The molecule has 0 aliphatic heterocycles. The molecule has 0 unspecified atom stereocenters. The Kier molecular flexibility index (Phi) is 9.22. The fraction of sp³-hybridized carbons (Fsp3) is 0.333. The molecular weight excluding hydrogens is 250 g/mol. The topological polar surface area (TPSA) is 0 Å². The van der Waals surface area contributed by atoms with Gasteiger partial charge >= 0.3 is 0 Å². The van der Waals surface area contributed by atoms with Gasteiger partial charge < -0.3 is 0 Å². The highest BCUT2D eigenvalue weighted by molar-refractivity contribution is 6.32. The van der Waals surface area contributed by atoms with E-state index in [0.29, 0.717) is 11.8 Å². The quantitative estimate of drug-likeness (QED) is 0.691. The van der Waals surface area contributed by atoms with Gasteiger partial charge in [-0.3, -0.25) is 0 Å². The van der Waals surface area contributed by atoms with Crippen molar-refractivity contribution < 1.29 is 0 Å². The summed E-state index contributed by atoms with van der Waals surface area (Å²) in [5.74, 6) is 0.871. The van der Waals surface area contributed by atoms with Crippen molar-refractivity contribution in [1.29, 1.82) is 0 Å². The van der Waals surface area contributed by atoms with E-state index in [4.69, 9.17) is 46.4 Å². The van der Waals surface area contributed by atoms with E-state index in [-0.39, 0.29) is 5.38 Å². The second-order valence-electron chi connectivity index (χ2n) is 2.20. The lowest BCUT2D eigenvalue weighted by molar-refractivity contribution is 1.12. The maximum atomic E-state index is 5.54. The summed E-state index contributed by atoms with van der Waals surface area (Å²) < 4.78 is 0. The first kappa shape index (κ1) is 13.4. The molecule has 0 spiro atoms. The van der Waals surface area contributed by atoms with E-state index in [1.807, 2.05) is 30.3 Å². The van der Waals surface area contributed by atoms with Crippen molar-refractivity contribution in [2.45, 2.75) is 5.38 Å². The number of alkyl halides is 3. The largest absolute Gasteiger partial charge is 0.125 e. The molecule has 0 bridgehead atoms. The molecule has 0 radical (unpaired) electrons. The van der Waals surface area contributed by atoms with Gasteiger partial charge in [-0.2, -0.15) is 0 Å². The van der Waals surface area contributed by atoms with Gasteiger partial charge in [0.25, 0.3) is 0 Å². The van der Waals surface area contributed by atoms with Gasteiger partial charge in [0, 0.05) is 16.8 Å². The van der Waals surface area contributed by atoms with E-state index in [0.717, 1.165) is 5.02 Å². The predicted molar refractivity (Wildman–Crippen MR) is 62.5 cm³/mol. The Balaban J connectivity index is 0.000000226. The number of halogens is 4. The van der Waals surface area contributed by atoms with Gasteiger partial charge in [0.2, 0.25) is 0 Å². The third-order valence-corrected chi connectivity index (χ3v) is 2.69. The van der Waals surface area contributed by atoms with Crippen molar-refractivity contribution in [2.75, 3.05) is 11.8 Å². The lowest BCUT2D eigenvalue weighted by Gasteiger charge is -1.92. The van der Waals surface area contributed by atoms with Crippen molar-refractivity contribution in [3.8, 4) is 0 Å². The van der Waals surface area contributed by atoms with Crippen LogP contribution >= 0.6 is 46.4 Å². The maximum Gasteiger partial charge on any atom is 0.0606 e. The molecule has 0 atom stereocenters. The molecule has 0 N–H and O–H groups in total. The molecular formula is C9H10Cl4. The maximum absolute atomic E-state index is 5.54. The molecule has 0 fully saturated rings. The van der Waals surface area contributed by atoms with Gasteiger partial charge in [-0.25, -0.2) is 0 Å². The Hall–Kier alpha value is 0.380. The van der Waals surface area contributed by atoms with Crippen LogP contribution in [0.25, 0.3) is 0 Å². The van der Waals surface area contributed by atoms with Crippen molar-refractivity contribution in [3.05, 3.63) is 35.4 Å². The summed E-state index contributed by atoms with van der Waals surface area (Å²) in [4.78, 5) is 0. The lowest BCUT2D eigenvalue weighted by Crippen LogP contribution is -1.99. The Morgan fingerprint density at radius 3 is 1.62 bits per heavy atom. The van der Waals surface area contributed by atoms with Crippen molar-refractivity contribution in [3.63, 3.8) is 0 Å². The molecule has 13 heavy (non-hydrogen) atoms. The Morgan fingerprint density at radius 1 is 1.00 bits per heavy atom. The van der Waals surface area contributed by atoms with Crippen LogP contribution in [0.15, 0.2) is 30.3 Å². The van der Waals surface area contributed by atoms with E-state index in [1.165, 1.54) is 0 Å². The van der Waals surface area contributed by atoms with Crippen LogP contribution in [0.5, 0.6) is 0 Å². The van der Waals surface area contributed by atoms with E-state index >= 15 is 0 Å². The zero-order chi connectivity index (χ0) is 10.1. The first-order valence-electron chi connectivity index (χ1n) is 3.67. The Labute approximate surface area is 98.7 Å². The summed E-state index contributed by atoms with van der Waals surface area (Å²) in [6.45, 7) is 0. The van der Waals surface area contributed by atoms with Crippen LogP contribution in [0.4, 0.5) is 0 Å². The monoisotopic (exact) mass is 258 g/mol. The lowest BCUT2D eigenvalue weighted by atomic mass is 10.4. The molecule has 74 valence electrons. The van der Waals surface area contributed by atoms with Crippen molar-refractivity contribution in [1.82, 2.24) is 0 Å². The molecule has 0 aromatic heterocycles. The second-order valence-corrected chi connectivity index (χ2v) is 3.87. The highest BCUT2D eigenvalue weighted by Gasteiger charge is 1.95. The molecule has 0 amide bonds. The van der Waals surface area contributed by atoms with Crippen molar-refractivity contribution >= 4 is 46.4 Å². The number of hydrogen-bond acceptors (Lipinski definition) is 0.